The molecule has 0 radical (unpaired) electrons. The molecule has 2 aromatic carbocycles. The molecule has 0 fully saturated rings. The Morgan fingerprint density at radius 3 is 1.78 bits per heavy atom. The molecule has 0 saturated heterocycles. The van der Waals surface area contributed by atoms with Crippen molar-refractivity contribution >= 4 is 5.69 Å². The van der Waals surface area contributed by atoms with Crippen LogP contribution in [0, 0.1) is 0 Å². The van der Waals surface area contributed by atoms with Gasteiger partial charge in [0.2, 0.25) is 0 Å². The zero-order chi connectivity index (χ0) is 20.0. The average Bonchev–Trinajstić information content (AvgIpc) is 2.68. The molecule has 0 aliphatic rings. The summed E-state index contributed by atoms with van der Waals surface area (Å²) in [4.78, 5) is 1.99. The molecule has 0 saturated carbocycles. The Balaban J connectivity index is 2.58. The SMILES string of the molecule is CNCc1cc(CO)c(Cc2c(OC)cc(N(C)C)cc2OC)c(CO)c1. The minimum Gasteiger partial charge on any atom is -0.496 e. The molecule has 27 heavy (non-hydrogen) atoms. The third kappa shape index (κ3) is 4.71. The number of hydrogen-bond acceptors (Lipinski definition) is 6. The molecule has 0 amide bonds. The number of aliphatic hydroxyl groups excluding tert-OH is 2. The van der Waals surface area contributed by atoms with Gasteiger partial charge in [0.1, 0.15) is 11.5 Å². The Bertz CT molecular complexity index is 725. The Morgan fingerprint density at radius 1 is 0.889 bits per heavy atom. The molecule has 0 aliphatic carbocycles. The lowest BCUT2D eigenvalue weighted by Crippen LogP contribution is -2.11. The Labute approximate surface area is 161 Å². The monoisotopic (exact) mass is 374 g/mol. The van der Waals surface area contributed by atoms with E-state index in [9.17, 15) is 10.2 Å². The molecule has 0 aromatic heterocycles. The second-order valence-corrected chi connectivity index (χ2v) is 6.64. The van der Waals surface area contributed by atoms with Crippen LogP contribution in [0.15, 0.2) is 24.3 Å². The van der Waals surface area contributed by atoms with Crippen LogP contribution in [0.3, 0.4) is 0 Å². The molecule has 0 spiro atoms. The number of benzene rings is 2. The van der Waals surface area contributed by atoms with E-state index in [0.29, 0.717) is 24.5 Å². The van der Waals surface area contributed by atoms with Gasteiger partial charge in [-0.3, -0.25) is 0 Å². The van der Waals surface area contributed by atoms with Crippen molar-refractivity contribution in [2.75, 3.05) is 40.3 Å². The number of anilines is 1. The van der Waals surface area contributed by atoms with Gasteiger partial charge in [-0.2, -0.15) is 0 Å². The predicted octanol–water partition coefficient (Wildman–Crippen LogP) is 2.06. The summed E-state index contributed by atoms with van der Waals surface area (Å²) in [5.74, 6) is 1.43. The van der Waals surface area contributed by atoms with Crippen LogP contribution in [0.2, 0.25) is 0 Å². The topological polar surface area (TPSA) is 74.2 Å². The lowest BCUT2D eigenvalue weighted by atomic mass is 9.92. The van der Waals surface area contributed by atoms with E-state index in [1.54, 1.807) is 14.2 Å². The fraction of sp³-hybridized carbons (Fsp3) is 0.429. The first-order chi connectivity index (χ1) is 13.0. The lowest BCUT2D eigenvalue weighted by molar-refractivity contribution is 0.273. The maximum Gasteiger partial charge on any atom is 0.128 e. The summed E-state index contributed by atoms with van der Waals surface area (Å²) >= 11 is 0. The fourth-order valence-electron chi connectivity index (χ4n) is 3.26. The number of nitrogens with zero attached hydrogens (tertiary/aromatic N) is 1. The second-order valence-electron chi connectivity index (χ2n) is 6.64. The summed E-state index contributed by atoms with van der Waals surface area (Å²) in [6, 6.07) is 7.87. The zero-order valence-electron chi connectivity index (χ0n) is 16.8. The highest BCUT2D eigenvalue weighted by molar-refractivity contribution is 5.61. The number of hydrogen-bond donors (Lipinski definition) is 3. The Hall–Kier alpha value is -2.28. The quantitative estimate of drug-likeness (QED) is 0.624. The van der Waals surface area contributed by atoms with Gasteiger partial charge >= 0.3 is 0 Å². The molecular formula is C21H30N2O4. The van der Waals surface area contributed by atoms with Crippen molar-refractivity contribution in [3.63, 3.8) is 0 Å². The molecule has 6 heteroatoms. The van der Waals surface area contributed by atoms with E-state index in [-0.39, 0.29) is 13.2 Å². The summed E-state index contributed by atoms with van der Waals surface area (Å²) in [7, 11) is 9.05. The summed E-state index contributed by atoms with van der Waals surface area (Å²) < 4.78 is 11.2. The number of ether oxygens (including phenoxy) is 2. The first kappa shape index (κ1) is 21.0. The van der Waals surface area contributed by atoms with Crippen LogP contribution in [0.5, 0.6) is 11.5 Å². The van der Waals surface area contributed by atoms with Crippen molar-refractivity contribution in [3.8, 4) is 11.5 Å². The Morgan fingerprint density at radius 2 is 1.41 bits per heavy atom. The smallest absolute Gasteiger partial charge is 0.128 e. The molecule has 6 nitrogen and oxygen atoms in total. The molecule has 2 aromatic rings. The highest BCUT2D eigenvalue weighted by Crippen LogP contribution is 2.37. The van der Waals surface area contributed by atoms with Crippen molar-refractivity contribution in [3.05, 3.63) is 52.1 Å². The van der Waals surface area contributed by atoms with Gasteiger partial charge in [-0.05, 0) is 29.3 Å². The van der Waals surface area contributed by atoms with Crippen molar-refractivity contribution in [2.45, 2.75) is 26.2 Å². The van der Waals surface area contributed by atoms with Crippen LogP contribution >= 0.6 is 0 Å². The van der Waals surface area contributed by atoms with Crippen molar-refractivity contribution < 1.29 is 19.7 Å². The van der Waals surface area contributed by atoms with Crippen LogP contribution in [0.4, 0.5) is 5.69 Å². The van der Waals surface area contributed by atoms with Gasteiger partial charge in [-0.15, -0.1) is 0 Å². The highest BCUT2D eigenvalue weighted by atomic mass is 16.5. The summed E-state index contributed by atoms with van der Waals surface area (Å²) in [6.45, 7) is 0.477. The first-order valence-corrected chi connectivity index (χ1v) is 8.91. The minimum absolute atomic E-state index is 0.0969. The van der Waals surface area contributed by atoms with Crippen LogP contribution in [-0.2, 0) is 26.2 Å². The highest BCUT2D eigenvalue weighted by Gasteiger charge is 2.18. The maximum absolute atomic E-state index is 9.91. The van der Waals surface area contributed by atoms with Gasteiger partial charge in [0.25, 0.3) is 0 Å². The molecule has 3 N–H and O–H groups in total. The molecule has 0 unspecified atom stereocenters. The molecule has 0 atom stereocenters. The maximum atomic E-state index is 9.91. The minimum atomic E-state index is -0.0969. The van der Waals surface area contributed by atoms with Crippen LogP contribution in [0.1, 0.15) is 27.8 Å². The Kier molecular flexibility index (Phi) is 7.47. The van der Waals surface area contributed by atoms with E-state index in [0.717, 1.165) is 33.5 Å². The predicted molar refractivity (Wildman–Crippen MR) is 108 cm³/mol. The van der Waals surface area contributed by atoms with Gasteiger partial charge in [0.05, 0.1) is 27.4 Å². The van der Waals surface area contributed by atoms with Gasteiger partial charge in [0.15, 0.2) is 0 Å². The van der Waals surface area contributed by atoms with E-state index in [4.69, 9.17) is 9.47 Å². The fourth-order valence-corrected chi connectivity index (χ4v) is 3.26. The number of methoxy groups -OCH3 is 2. The van der Waals surface area contributed by atoms with Crippen LogP contribution < -0.4 is 19.7 Å². The molecule has 0 heterocycles. The van der Waals surface area contributed by atoms with E-state index in [2.05, 4.69) is 5.32 Å². The zero-order valence-corrected chi connectivity index (χ0v) is 16.8. The van der Waals surface area contributed by atoms with E-state index in [1.807, 2.05) is 50.3 Å². The van der Waals surface area contributed by atoms with Gasteiger partial charge in [0, 0.05) is 50.4 Å². The van der Waals surface area contributed by atoms with Crippen molar-refractivity contribution in [2.24, 2.45) is 0 Å². The van der Waals surface area contributed by atoms with E-state index < -0.39 is 0 Å². The standard InChI is InChI=1S/C21H30N2O4/c1-22-11-14-6-15(12-24)18(16(7-14)13-25)10-19-20(26-4)8-17(23(2)3)9-21(19)27-5/h6-9,22,24-25H,10-13H2,1-5H3. The van der Waals surface area contributed by atoms with E-state index >= 15 is 0 Å². The molecular weight excluding hydrogens is 344 g/mol. The van der Waals surface area contributed by atoms with Crippen LogP contribution in [-0.4, -0.2) is 45.6 Å². The largest absolute Gasteiger partial charge is 0.496 e. The summed E-state index contributed by atoms with van der Waals surface area (Å²) in [5, 5.41) is 22.9. The van der Waals surface area contributed by atoms with Gasteiger partial charge in [-0.25, -0.2) is 0 Å². The third-order valence-corrected chi connectivity index (χ3v) is 4.68. The molecule has 148 valence electrons. The third-order valence-electron chi connectivity index (χ3n) is 4.68. The van der Waals surface area contributed by atoms with Crippen molar-refractivity contribution in [1.82, 2.24) is 5.32 Å². The molecule has 0 bridgehead atoms. The van der Waals surface area contributed by atoms with Crippen LogP contribution in [0.25, 0.3) is 0 Å². The van der Waals surface area contributed by atoms with Gasteiger partial charge in [-0.1, -0.05) is 12.1 Å². The molecule has 0 aliphatic heterocycles. The van der Waals surface area contributed by atoms with E-state index in [1.165, 1.54) is 0 Å². The number of aliphatic hydroxyl groups is 2. The number of rotatable bonds is 9. The summed E-state index contributed by atoms with van der Waals surface area (Å²) in [6.07, 6.45) is 0.492. The normalized spacial score (nSPS) is 10.8. The summed E-state index contributed by atoms with van der Waals surface area (Å²) in [5.41, 5.74) is 5.38. The number of nitrogens with one attached hydrogen (secondary N) is 1. The first-order valence-electron chi connectivity index (χ1n) is 8.91. The van der Waals surface area contributed by atoms with Gasteiger partial charge < -0.3 is 29.9 Å². The second kappa shape index (κ2) is 9.60. The average molecular weight is 374 g/mol. The van der Waals surface area contributed by atoms with Crippen molar-refractivity contribution in [1.29, 1.82) is 0 Å². The lowest BCUT2D eigenvalue weighted by Gasteiger charge is -2.21. The molecule has 2 rings (SSSR count).